The molecule has 3 aromatic rings. The molecule has 0 fully saturated rings. The van der Waals surface area contributed by atoms with E-state index in [0.717, 1.165) is 10.9 Å². The summed E-state index contributed by atoms with van der Waals surface area (Å²) in [5.74, 6) is 0.235. The SMILES string of the molecule is CCC(=O)OC(Cc1c(Cl)cncc1Cl)c1ccc(OC)c2nc(Cl)ccc12. The van der Waals surface area contributed by atoms with Crippen LogP contribution in [0, 0.1) is 0 Å². The Labute approximate surface area is 177 Å². The van der Waals surface area contributed by atoms with Gasteiger partial charge in [-0.15, -0.1) is 0 Å². The van der Waals surface area contributed by atoms with Crippen molar-refractivity contribution in [3.05, 3.63) is 63.0 Å². The van der Waals surface area contributed by atoms with E-state index >= 15 is 0 Å². The average molecular weight is 440 g/mol. The summed E-state index contributed by atoms with van der Waals surface area (Å²) in [4.78, 5) is 20.4. The number of hydrogen-bond donors (Lipinski definition) is 0. The van der Waals surface area contributed by atoms with Gasteiger partial charge in [0.2, 0.25) is 0 Å². The number of esters is 1. The third-order valence-electron chi connectivity index (χ3n) is 4.29. The lowest BCUT2D eigenvalue weighted by atomic mass is 9.97. The maximum atomic E-state index is 12.1. The number of aromatic nitrogens is 2. The Bertz CT molecular complexity index is 1010. The largest absolute Gasteiger partial charge is 0.494 e. The van der Waals surface area contributed by atoms with E-state index in [-0.39, 0.29) is 18.8 Å². The molecule has 1 unspecified atom stereocenters. The molecule has 1 aromatic carbocycles. The van der Waals surface area contributed by atoms with E-state index < -0.39 is 6.10 Å². The van der Waals surface area contributed by atoms with Crippen molar-refractivity contribution in [2.45, 2.75) is 25.9 Å². The number of fused-ring (bicyclic) bond motifs is 1. The number of hydrogen-bond acceptors (Lipinski definition) is 5. The fourth-order valence-electron chi connectivity index (χ4n) is 2.91. The zero-order valence-electron chi connectivity index (χ0n) is 15.2. The Morgan fingerprint density at radius 3 is 2.46 bits per heavy atom. The number of rotatable bonds is 6. The molecule has 0 spiro atoms. The number of carbonyl (C=O) groups is 1. The van der Waals surface area contributed by atoms with Crippen molar-refractivity contribution in [3.63, 3.8) is 0 Å². The van der Waals surface area contributed by atoms with Crippen molar-refractivity contribution in [1.29, 1.82) is 0 Å². The summed E-state index contributed by atoms with van der Waals surface area (Å²) in [6.07, 6.45) is 2.92. The van der Waals surface area contributed by atoms with E-state index in [1.165, 1.54) is 12.4 Å². The van der Waals surface area contributed by atoms with Crippen LogP contribution in [0.4, 0.5) is 0 Å². The Morgan fingerprint density at radius 2 is 1.82 bits per heavy atom. The maximum Gasteiger partial charge on any atom is 0.306 e. The van der Waals surface area contributed by atoms with Gasteiger partial charge in [0.15, 0.2) is 0 Å². The number of ether oxygens (including phenoxy) is 2. The molecule has 146 valence electrons. The van der Waals surface area contributed by atoms with Gasteiger partial charge in [-0.3, -0.25) is 9.78 Å². The average Bonchev–Trinajstić information content (AvgIpc) is 2.68. The summed E-state index contributed by atoms with van der Waals surface area (Å²) in [6.45, 7) is 1.74. The van der Waals surface area contributed by atoms with E-state index in [9.17, 15) is 4.79 Å². The predicted octanol–water partition coefficient (Wildman–Crippen LogP) is 5.84. The third-order valence-corrected chi connectivity index (χ3v) is 5.15. The highest BCUT2D eigenvalue weighted by Gasteiger charge is 2.23. The number of nitrogens with zero attached hydrogens (tertiary/aromatic N) is 2. The van der Waals surface area contributed by atoms with E-state index in [1.807, 2.05) is 12.1 Å². The number of benzene rings is 1. The van der Waals surface area contributed by atoms with Crippen molar-refractivity contribution in [1.82, 2.24) is 9.97 Å². The second-order valence-corrected chi connectivity index (χ2v) is 7.21. The molecule has 0 bridgehead atoms. The molecule has 3 rings (SSSR count). The highest BCUT2D eigenvalue weighted by atomic mass is 35.5. The summed E-state index contributed by atoms with van der Waals surface area (Å²) in [5, 5.41) is 1.91. The quantitative estimate of drug-likeness (QED) is 0.357. The number of methoxy groups -OCH3 is 1. The van der Waals surface area contributed by atoms with Gasteiger partial charge in [0, 0.05) is 36.2 Å². The molecular weight excluding hydrogens is 423 g/mol. The van der Waals surface area contributed by atoms with E-state index in [4.69, 9.17) is 44.3 Å². The first-order valence-corrected chi connectivity index (χ1v) is 9.68. The van der Waals surface area contributed by atoms with Crippen LogP contribution in [0.1, 0.15) is 30.6 Å². The third kappa shape index (κ3) is 4.32. The van der Waals surface area contributed by atoms with Gasteiger partial charge >= 0.3 is 5.97 Å². The van der Waals surface area contributed by atoms with Crippen LogP contribution in [0.3, 0.4) is 0 Å². The molecule has 0 aliphatic rings. The first-order chi connectivity index (χ1) is 13.4. The van der Waals surface area contributed by atoms with Gasteiger partial charge in [-0.05, 0) is 23.8 Å². The van der Waals surface area contributed by atoms with Gasteiger partial charge in [0.1, 0.15) is 22.5 Å². The molecule has 0 saturated heterocycles. The van der Waals surface area contributed by atoms with Crippen LogP contribution in [-0.2, 0) is 16.0 Å². The minimum atomic E-state index is -0.624. The van der Waals surface area contributed by atoms with Gasteiger partial charge in [-0.1, -0.05) is 47.8 Å². The standard InChI is InChI=1S/C20H17Cl3N2O3/c1-3-19(26)28-17(8-13-14(21)9-24-10-15(13)22)11-4-6-16(27-2)20-12(11)5-7-18(23)25-20/h4-7,9-10,17H,3,8H2,1-2H3. The smallest absolute Gasteiger partial charge is 0.306 e. The van der Waals surface area contributed by atoms with Crippen molar-refractivity contribution >= 4 is 51.7 Å². The Balaban J connectivity index is 2.14. The van der Waals surface area contributed by atoms with Gasteiger partial charge in [0.25, 0.3) is 0 Å². The zero-order chi connectivity index (χ0) is 20.3. The number of carbonyl (C=O) groups excluding carboxylic acids is 1. The van der Waals surface area contributed by atoms with Crippen molar-refractivity contribution < 1.29 is 14.3 Å². The second kappa shape index (κ2) is 8.95. The molecule has 0 amide bonds. The van der Waals surface area contributed by atoms with Crippen LogP contribution in [0.5, 0.6) is 5.75 Å². The fourth-order valence-corrected chi connectivity index (χ4v) is 3.58. The van der Waals surface area contributed by atoms with E-state index in [2.05, 4.69) is 9.97 Å². The molecule has 0 saturated carbocycles. The van der Waals surface area contributed by atoms with Gasteiger partial charge < -0.3 is 9.47 Å². The summed E-state index contributed by atoms with van der Waals surface area (Å²) in [7, 11) is 1.56. The topological polar surface area (TPSA) is 61.3 Å². The minimum absolute atomic E-state index is 0.243. The van der Waals surface area contributed by atoms with Crippen LogP contribution in [0.2, 0.25) is 15.2 Å². The summed E-state index contributed by atoms with van der Waals surface area (Å²) < 4.78 is 11.1. The molecule has 2 aromatic heterocycles. The van der Waals surface area contributed by atoms with Crippen molar-refractivity contribution in [3.8, 4) is 5.75 Å². The summed E-state index contributed by atoms with van der Waals surface area (Å²) >= 11 is 18.6. The number of halogens is 3. The van der Waals surface area contributed by atoms with Gasteiger partial charge in [0.05, 0.1) is 17.2 Å². The van der Waals surface area contributed by atoms with Crippen LogP contribution in [-0.4, -0.2) is 23.0 Å². The van der Waals surface area contributed by atoms with Gasteiger partial charge in [-0.2, -0.15) is 0 Å². The van der Waals surface area contributed by atoms with Crippen LogP contribution >= 0.6 is 34.8 Å². The fraction of sp³-hybridized carbons (Fsp3) is 0.250. The van der Waals surface area contributed by atoms with E-state index in [1.54, 1.807) is 26.2 Å². The molecule has 0 aliphatic heterocycles. The Kier molecular flexibility index (Phi) is 6.60. The molecule has 0 N–H and O–H groups in total. The lowest BCUT2D eigenvalue weighted by Gasteiger charge is -2.21. The Hall–Kier alpha value is -2.08. The highest BCUT2D eigenvalue weighted by Crippen LogP contribution is 2.36. The van der Waals surface area contributed by atoms with Gasteiger partial charge in [-0.25, -0.2) is 4.98 Å². The molecule has 1 atom stereocenters. The number of pyridine rings is 2. The molecule has 2 heterocycles. The molecule has 8 heteroatoms. The zero-order valence-corrected chi connectivity index (χ0v) is 17.5. The van der Waals surface area contributed by atoms with Crippen LogP contribution < -0.4 is 4.74 Å². The molecule has 5 nitrogen and oxygen atoms in total. The highest BCUT2D eigenvalue weighted by molar-refractivity contribution is 6.35. The molecular formula is C20H17Cl3N2O3. The normalized spacial score (nSPS) is 12.0. The molecule has 0 aliphatic carbocycles. The minimum Gasteiger partial charge on any atom is -0.494 e. The lowest BCUT2D eigenvalue weighted by Crippen LogP contribution is -2.14. The maximum absolute atomic E-state index is 12.1. The molecule has 28 heavy (non-hydrogen) atoms. The first kappa shape index (κ1) is 20.6. The van der Waals surface area contributed by atoms with Crippen molar-refractivity contribution in [2.24, 2.45) is 0 Å². The second-order valence-electron chi connectivity index (χ2n) is 6.01. The van der Waals surface area contributed by atoms with E-state index in [0.29, 0.717) is 32.0 Å². The van der Waals surface area contributed by atoms with Crippen LogP contribution in [0.15, 0.2) is 36.7 Å². The summed E-state index contributed by atoms with van der Waals surface area (Å²) in [6, 6.07) is 7.11. The lowest BCUT2D eigenvalue weighted by molar-refractivity contribution is -0.149. The van der Waals surface area contributed by atoms with Crippen LogP contribution in [0.25, 0.3) is 10.9 Å². The van der Waals surface area contributed by atoms with Crippen molar-refractivity contribution in [2.75, 3.05) is 7.11 Å². The predicted molar refractivity (Wildman–Crippen MR) is 110 cm³/mol. The monoisotopic (exact) mass is 438 g/mol. The summed E-state index contributed by atoms with van der Waals surface area (Å²) in [5.41, 5.74) is 1.99. The molecule has 0 radical (unpaired) electrons. The first-order valence-electron chi connectivity index (χ1n) is 8.55. The Morgan fingerprint density at radius 1 is 1.11 bits per heavy atom.